The number of fused-ring (bicyclic) bond motifs is 1. The molecule has 2 unspecified atom stereocenters. The lowest BCUT2D eigenvalue weighted by Crippen LogP contribution is -2.12. The van der Waals surface area contributed by atoms with E-state index in [1.165, 1.54) is 53.5 Å². The molecule has 2 saturated carbocycles. The topological polar surface area (TPSA) is 17.1 Å². The summed E-state index contributed by atoms with van der Waals surface area (Å²) in [7, 11) is 0. The molecule has 1 nitrogen and oxygen atoms in total. The van der Waals surface area contributed by atoms with Gasteiger partial charge < -0.3 is 0 Å². The van der Waals surface area contributed by atoms with Crippen molar-refractivity contribution < 1.29 is 4.79 Å². The zero-order chi connectivity index (χ0) is 14.6. The van der Waals surface area contributed by atoms with Gasteiger partial charge in [0, 0.05) is 11.5 Å². The van der Waals surface area contributed by atoms with E-state index in [0.29, 0.717) is 23.5 Å². The Bertz CT molecular complexity index is 541. The van der Waals surface area contributed by atoms with Crippen LogP contribution in [0.3, 0.4) is 0 Å². The number of carbonyl (C=O) groups is 1. The fourth-order valence-electron chi connectivity index (χ4n) is 4.42. The Hall–Kier alpha value is -1.11. The lowest BCUT2D eigenvalue weighted by Gasteiger charge is -2.18. The number of carbonyl (C=O) groups excluding carboxylic acids is 1. The van der Waals surface area contributed by atoms with Crippen LogP contribution in [0.15, 0.2) is 0 Å². The zero-order valence-corrected chi connectivity index (χ0v) is 13.5. The fraction of sp³-hybridized carbons (Fsp3) is 0.632. The Morgan fingerprint density at radius 2 is 1.15 bits per heavy atom. The quantitative estimate of drug-likeness (QED) is 0.702. The molecule has 3 rings (SSSR count). The molecule has 108 valence electrons. The van der Waals surface area contributed by atoms with Crippen LogP contribution in [0, 0.1) is 52.4 Å². The molecule has 2 atom stereocenters. The van der Waals surface area contributed by atoms with Gasteiger partial charge in [0.25, 0.3) is 0 Å². The first kappa shape index (κ1) is 13.9. The van der Waals surface area contributed by atoms with Crippen LogP contribution in [0.5, 0.6) is 0 Å². The number of hydrogen-bond acceptors (Lipinski definition) is 1. The van der Waals surface area contributed by atoms with Gasteiger partial charge in [0.05, 0.1) is 0 Å². The molecule has 0 saturated heterocycles. The van der Waals surface area contributed by atoms with Gasteiger partial charge in [0.15, 0.2) is 5.78 Å². The van der Waals surface area contributed by atoms with Crippen LogP contribution in [0.4, 0.5) is 0 Å². The molecule has 0 aromatic heterocycles. The average Bonchev–Trinajstić information content (AvgIpc) is 3.17. The van der Waals surface area contributed by atoms with Crippen molar-refractivity contribution in [3.05, 3.63) is 33.4 Å². The van der Waals surface area contributed by atoms with Crippen molar-refractivity contribution in [3.8, 4) is 0 Å². The molecule has 1 aromatic rings. The summed E-state index contributed by atoms with van der Waals surface area (Å²) in [5, 5.41) is 0. The average molecular weight is 270 g/mol. The first-order valence-corrected chi connectivity index (χ1v) is 8.06. The predicted octanol–water partition coefficient (Wildman–Crippen LogP) is 4.85. The van der Waals surface area contributed by atoms with E-state index in [0.717, 1.165) is 5.56 Å². The van der Waals surface area contributed by atoms with Gasteiger partial charge in [-0.1, -0.05) is 12.8 Å². The second kappa shape index (κ2) is 4.72. The first-order chi connectivity index (χ1) is 9.45. The SMILES string of the molecule is Cc1c(C)c(C)c(C(=O)C2C3CCCCC32)c(C)c1C. The molecule has 2 aliphatic carbocycles. The van der Waals surface area contributed by atoms with Crippen LogP contribution in [0.1, 0.15) is 63.9 Å². The van der Waals surface area contributed by atoms with Gasteiger partial charge in [-0.25, -0.2) is 0 Å². The molecular formula is C19H26O. The van der Waals surface area contributed by atoms with E-state index in [4.69, 9.17) is 0 Å². The van der Waals surface area contributed by atoms with Crippen molar-refractivity contribution in [1.82, 2.24) is 0 Å². The Labute approximate surface area is 122 Å². The van der Waals surface area contributed by atoms with Gasteiger partial charge in [-0.3, -0.25) is 4.79 Å². The Kier molecular flexibility index (Phi) is 3.27. The van der Waals surface area contributed by atoms with E-state index < -0.39 is 0 Å². The molecule has 0 spiro atoms. The minimum atomic E-state index is 0.344. The summed E-state index contributed by atoms with van der Waals surface area (Å²) < 4.78 is 0. The second-order valence-corrected chi connectivity index (χ2v) is 7.00. The van der Waals surface area contributed by atoms with E-state index in [-0.39, 0.29) is 0 Å². The summed E-state index contributed by atoms with van der Waals surface area (Å²) in [5.41, 5.74) is 7.45. The molecular weight excluding hydrogens is 244 g/mol. The maximum Gasteiger partial charge on any atom is 0.167 e. The highest BCUT2D eigenvalue weighted by atomic mass is 16.1. The molecule has 2 fully saturated rings. The fourth-order valence-corrected chi connectivity index (χ4v) is 4.42. The van der Waals surface area contributed by atoms with Crippen molar-refractivity contribution in [3.63, 3.8) is 0 Å². The third kappa shape index (κ3) is 1.86. The maximum atomic E-state index is 13.0. The molecule has 0 radical (unpaired) electrons. The summed E-state index contributed by atoms with van der Waals surface area (Å²) in [6, 6.07) is 0. The highest BCUT2D eigenvalue weighted by molar-refractivity contribution is 6.03. The maximum absolute atomic E-state index is 13.0. The molecule has 0 bridgehead atoms. The molecule has 1 aromatic carbocycles. The molecule has 0 amide bonds. The normalized spacial score (nSPS) is 28.1. The number of benzene rings is 1. The second-order valence-electron chi connectivity index (χ2n) is 7.00. The van der Waals surface area contributed by atoms with Crippen LogP contribution >= 0.6 is 0 Å². The van der Waals surface area contributed by atoms with Gasteiger partial charge in [-0.05, 0) is 87.1 Å². The summed E-state index contributed by atoms with van der Waals surface area (Å²) >= 11 is 0. The molecule has 0 aliphatic heterocycles. The number of hydrogen-bond donors (Lipinski definition) is 0. The lowest BCUT2D eigenvalue weighted by atomic mass is 9.86. The monoisotopic (exact) mass is 270 g/mol. The van der Waals surface area contributed by atoms with Gasteiger partial charge in [0.2, 0.25) is 0 Å². The molecule has 20 heavy (non-hydrogen) atoms. The third-order valence-corrected chi connectivity index (χ3v) is 6.21. The van der Waals surface area contributed by atoms with Gasteiger partial charge in [0.1, 0.15) is 0 Å². The largest absolute Gasteiger partial charge is 0.294 e. The van der Waals surface area contributed by atoms with E-state index >= 15 is 0 Å². The van der Waals surface area contributed by atoms with Crippen molar-refractivity contribution >= 4 is 5.78 Å². The first-order valence-electron chi connectivity index (χ1n) is 8.06. The highest BCUT2D eigenvalue weighted by Gasteiger charge is 2.54. The van der Waals surface area contributed by atoms with Crippen molar-refractivity contribution in [2.75, 3.05) is 0 Å². The van der Waals surface area contributed by atoms with E-state index in [2.05, 4.69) is 34.6 Å². The molecule has 0 heterocycles. The smallest absolute Gasteiger partial charge is 0.167 e. The van der Waals surface area contributed by atoms with E-state index in [9.17, 15) is 4.79 Å². The summed E-state index contributed by atoms with van der Waals surface area (Å²) in [5.74, 6) is 2.20. The Morgan fingerprint density at radius 1 is 0.750 bits per heavy atom. The summed E-state index contributed by atoms with van der Waals surface area (Å²) in [6.07, 6.45) is 5.22. The lowest BCUT2D eigenvalue weighted by molar-refractivity contribution is 0.0955. The molecule has 1 heteroatoms. The van der Waals surface area contributed by atoms with Crippen molar-refractivity contribution in [2.45, 2.75) is 60.3 Å². The summed E-state index contributed by atoms with van der Waals surface area (Å²) in [4.78, 5) is 13.0. The highest BCUT2D eigenvalue weighted by Crippen LogP contribution is 2.57. The van der Waals surface area contributed by atoms with Gasteiger partial charge in [-0.15, -0.1) is 0 Å². The summed E-state index contributed by atoms with van der Waals surface area (Å²) in [6.45, 7) is 10.8. The predicted molar refractivity (Wildman–Crippen MR) is 83.4 cm³/mol. The van der Waals surface area contributed by atoms with Crippen molar-refractivity contribution in [2.24, 2.45) is 17.8 Å². The molecule has 0 N–H and O–H groups in total. The van der Waals surface area contributed by atoms with Crippen LogP contribution in [-0.4, -0.2) is 5.78 Å². The number of rotatable bonds is 2. The van der Waals surface area contributed by atoms with Crippen molar-refractivity contribution in [1.29, 1.82) is 0 Å². The van der Waals surface area contributed by atoms with Crippen LogP contribution in [0.2, 0.25) is 0 Å². The van der Waals surface area contributed by atoms with Gasteiger partial charge >= 0.3 is 0 Å². The Balaban J connectivity index is 2.01. The minimum Gasteiger partial charge on any atom is -0.294 e. The standard InChI is InChI=1S/C19H26O/c1-10-11(2)13(4)17(14(5)12(10)3)19(20)18-15-8-6-7-9-16(15)18/h15-16,18H,6-9H2,1-5H3. The zero-order valence-electron chi connectivity index (χ0n) is 13.5. The van der Waals surface area contributed by atoms with E-state index in [1.807, 2.05) is 0 Å². The number of Topliss-reactive ketones (excluding diaryl/α,β-unsaturated/α-hetero) is 1. The minimum absolute atomic E-state index is 0.344. The van der Waals surface area contributed by atoms with Crippen LogP contribution in [-0.2, 0) is 0 Å². The van der Waals surface area contributed by atoms with E-state index in [1.54, 1.807) is 0 Å². The number of ketones is 1. The third-order valence-electron chi connectivity index (χ3n) is 6.21. The Morgan fingerprint density at radius 3 is 1.60 bits per heavy atom. The van der Waals surface area contributed by atoms with Gasteiger partial charge in [-0.2, -0.15) is 0 Å². The van der Waals surface area contributed by atoms with Crippen LogP contribution in [0.25, 0.3) is 0 Å². The van der Waals surface area contributed by atoms with Crippen LogP contribution < -0.4 is 0 Å². The molecule has 2 aliphatic rings.